The fourth-order valence-corrected chi connectivity index (χ4v) is 4.54. The highest BCUT2D eigenvalue weighted by Gasteiger charge is 2.17. The van der Waals surface area contributed by atoms with E-state index in [4.69, 9.17) is 9.98 Å². The Morgan fingerprint density at radius 2 is 1.76 bits per heavy atom. The molecule has 0 aliphatic heterocycles. The molecule has 0 spiro atoms. The van der Waals surface area contributed by atoms with Crippen LogP contribution in [0.1, 0.15) is 104 Å². The quantitative estimate of drug-likeness (QED) is 0.357. The summed E-state index contributed by atoms with van der Waals surface area (Å²) in [6.45, 7) is 12.6. The third kappa shape index (κ3) is 8.03. The van der Waals surface area contributed by atoms with Gasteiger partial charge in [-0.2, -0.15) is 0 Å². The number of halogens is 1. The van der Waals surface area contributed by atoms with Gasteiger partial charge in [0, 0.05) is 29.1 Å². The summed E-state index contributed by atoms with van der Waals surface area (Å²) < 4.78 is 14.1. The first kappa shape index (κ1) is 27.7. The molecule has 1 heterocycles. The van der Waals surface area contributed by atoms with Crippen molar-refractivity contribution in [1.29, 1.82) is 0 Å². The Balaban J connectivity index is 0.00000199. The Hall–Kier alpha value is -2.56. The van der Waals surface area contributed by atoms with E-state index in [2.05, 4.69) is 31.1 Å². The van der Waals surface area contributed by atoms with Gasteiger partial charge in [-0.05, 0) is 63.6 Å². The largest absolute Gasteiger partial charge is 0.351 e. The van der Waals surface area contributed by atoms with Gasteiger partial charge in [0.25, 0.3) is 0 Å². The zero-order valence-corrected chi connectivity index (χ0v) is 22.0. The number of rotatable bonds is 10. The number of hydrogen-bond acceptors (Lipinski definition) is 4. The van der Waals surface area contributed by atoms with Crippen molar-refractivity contribution in [2.75, 3.05) is 5.32 Å². The van der Waals surface area contributed by atoms with Gasteiger partial charge in [0.1, 0.15) is 5.82 Å². The Morgan fingerprint density at radius 3 is 2.38 bits per heavy atom. The first-order chi connectivity index (χ1) is 16.5. The fourth-order valence-electron chi connectivity index (χ4n) is 4.54. The molecule has 0 amide bonds. The van der Waals surface area contributed by atoms with E-state index in [1.807, 2.05) is 32.9 Å². The van der Waals surface area contributed by atoms with Crippen LogP contribution >= 0.6 is 0 Å². The molecule has 2 aromatic rings. The molecule has 1 aliphatic rings. The van der Waals surface area contributed by atoms with Gasteiger partial charge in [0.05, 0.1) is 11.4 Å². The lowest BCUT2D eigenvalue weighted by molar-refractivity contribution is 0.557. The minimum absolute atomic E-state index is 0.259. The number of hydrogen-bond donors (Lipinski definition) is 1. The molecule has 3 rings (SSSR count). The monoisotopic (exact) mass is 466 g/mol. The average molecular weight is 467 g/mol. The molecule has 0 radical (unpaired) electrons. The number of benzene rings is 1. The second-order valence-corrected chi connectivity index (χ2v) is 8.90. The minimum atomic E-state index is -0.259. The summed E-state index contributed by atoms with van der Waals surface area (Å²) in [5.41, 5.74) is 4.41. The number of aromatic nitrogens is 2. The van der Waals surface area contributed by atoms with E-state index in [1.54, 1.807) is 18.3 Å². The van der Waals surface area contributed by atoms with Crippen LogP contribution in [0.15, 0.2) is 41.5 Å². The van der Waals surface area contributed by atoms with Gasteiger partial charge in [-0.15, -0.1) is 0 Å². The number of nitrogens with one attached hydrogen (secondary N) is 1. The second kappa shape index (κ2) is 14.6. The Bertz CT molecular complexity index is 939. The van der Waals surface area contributed by atoms with Crippen LogP contribution in [0.2, 0.25) is 0 Å². The van der Waals surface area contributed by atoms with E-state index >= 15 is 0 Å². The van der Waals surface area contributed by atoms with Crippen molar-refractivity contribution in [2.45, 2.75) is 99.0 Å². The highest BCUT2D eigenvalue weighted by Crippen LogP contribution is 2.29. The van der Waals surface area contributed by atoms with E-state index in [0.29, 0.717) is 17.9 Å². The molecular weight excluding hydrogens is 423 g/mol. The summed E-state index contributed by atoms with van der Waals surface area (Å²) in [7, 11) is 0. The minimum Gasteiger partial charge on any atom is -0.351 e. The van der Waals surface area contributed by atoms with E-state index < -0.39 is 0 Å². The molecule has 1 aliphatic carbocycles. The first-order valence-corrected chi connectivity index (χ1v) is 13.1. The number of anilines is 1. The Labute approximate surface area is 206 Å². The van der Waals surface area contributed by atoms with Crippen LogP contribution in [0, 0.1) is 11.7 Å². The molecular formula is C29H43FN4. The molecule has 1 N–H and O–H groups in total. The maximum absolute atomic E-state index is 14.1. The highest BCUT2D eigenvalue weighted by atomic mass is 19.1. The molecule has 0 bridgehead atoms. The lowest BCUT2D eigenvalue weighted by Crippen LogP contribution is -2.16. The van der Waals surface area contributed by atoms with Crippen LogP contribution in [-0.2, 0) is 0 Å². The van der Waals surface area contributed by atoms with Crippen LogP contribution in [0.4, 0.5) is 10.3 Å². The molecule has 34 heavy (non-hydrogen) atoms. The van der Waals surface area contributed by atoms with E-state index in [-0.39, 0.29) is 5.82 Å². The van der Waals surface area contributed by atoms with Gasteiger partial charge < -0.3 is 5.32 Å². The zero-order valence-electron chi connectivity index (χ0n) is 22.0. The van der Waals surface area contributed by atoms with Crippen molar-refractivity contribution in [3.05, 3.63) is 53.6 Å². The summed E-state index contributed by atoms with van der Waals surface area (Å²) >= 11 is 0. The molecule has 0 saturated heterocycles. The topological polar surface area (TPSA) is 50.2 Å². The molecule has 4 nitrogen and oxygen atoms in total. The smallest absolute Gasteiger partial charge is 0.223 e. The van der Waals surface area contributed by atoms with Gasteiger partial charge in [-0.3, -0.25) is 4.99 Å². The van der Waals surface area contributed by atoms with Crippen LogP contribution in [-0.4, -0.2) is 21.7 Å². The first-order valence-electron chi connectivity index (χ1n) is 13.1. The van der Waals surface area contributed by atoms with Gasteiger partial charge in [-0.25, -0.2) is 14.4 Å². The summed E-state index contributed by atoms with van der Waals surface area (Å²) in [4.78, 5) is 14.3. The second-order valence-electron chi connectivity index (χ2n) is 8.90. The van der Waals surface area contributed by atoms with Crippen molar-refractivity contribution >= 4 is 22.9 Å². The average Bonchev–Trinajstić information content (AvgIpc) is 3.36. The van der Waals surface area contributed by atoms with Gasteiger partial charge in [0.15, 0.2) is 0 Å². The highest BCUT2D eigenvalue weighted by molar-refractivity contribution is 5.96. The molecule has 186 valence electrons. The van der Waals surface area contributed by atoms with Crippen molar-refractivity contribution in [1.82, 2.24) is 9.97 Å². The number of aliphatic imine (C=N–C) groups is 1. The number of nitrogens with zero attached hydrogens (tertiary/aromatic N) is 3. The predicted octanol–water partition coefficient (Wildman–Crippen LogP) is 8.56. The van der Waals surface area contributed by atoms with Gasteiger partial charge in [0.2, 0.25) is 5.95 Å². The van der Waals surface area contributed by atoms with Crippen LogP contribution in [0.3, 0.4) is 0 Å². The van der Waals surface area contributed by atoms with Gasteiger partial charge >= 0.3 is 0 Å². The van der Waals surface area contributed by atoms with Crippen molar-refractivity contribution < 1.29 is 4.39 Å². The summed E-state index contributed by atoms with van der Waals surface area (Å²) in [5.74, 6) is 0.833. The van der Waals surface area contributed by atoms with Crippen LogP contribution < -0.4 is 5.32 Å². The molecule has 0 atom stereocenters. The lowest BCUT2D eigenvalue weighted by Gasteiger charge is -2.17. The lowest BCUT2D eigenvalue weighted by atomic mass is 9.93. The molecule has 5 heteroatoms. The summed E-state index contributed by atoms with van der Waals surface area (Å²) in [5, 5.41) is 3.48. The van der Waals surface area contributed by atoms with Gasteiger partial charge in [-0.1, -0.05) is 65.5 Å². The molecule has 1 aromatic carbocycles. The maximum Gasteiger partial charge on any atom is 0.223 e. The SMILES string of the molecule is CC.CCCC(CCC)C(C)=N/C(=C(\C)c1ccnc(NC2CCCC2)n1)c1cccc(F)c1. The normalized spacial score (nSPS) is 15.1. The third-order valence-electron chi connectivity index (χ3n) is 6.33. The summed E-state index contributed by atoms with van der Waals surface area (Å²) in [6.07, 6.45) is 11.1. The molecule has 1 fully saturated rings. The van der Waals surface area contributed by atoms with E-state index in [9.17, 15) is 4.39 Å². The maximum atomic E-state index is 14.1. The predicted molar refractivity (Wildman–Crippen MR) is 145 cm³/mol. The zero-order chi connectivity index (χ0) is 24.9. The number of allylic oxidation sites excluding steroid dienone is 1. The third-order valence-corrected chi connectivity index (χ3v) is 6.33. The molecule has 1 aromatic heterocycles. The van der Waals surface area contributed by atoms with Crippen molar-refractivity contribution in [3.8, 4) is 0 Å². The van der Waals surface area contributed by atoms with E-state index in [0.717, 1.165) is 66.8 Å². The Kier molecular flexibility index (Phi) is 11.9. The van der Waals surface area contributed by atoms with Crippen LogP contribution in [0.25, 0.3) is 11.3 Å². The van der Waals surface area contributed by atoms with Crippen molar-refractivity contribution in [3.63, 3.8) is 0 Å². The Morgan fingerprint density at radius 1 is 1.09 bits per heavy atom. The fraction of sp³-hybridized carbons (Fsp3) is 0.552. The van der Waals surface area contributed by atoms with Crippen LogP contribution in [0.5, 0.6) is 0 Å². The molecule has 0 unspecified atom stereocenters. The molecule has 1 saturated carbocycles. The van der Waals surface area contributed by atoms with Crippen molar-refractivity contribution in [2.24, 2.45) is 10.9 Å². The summed E-state index contributed by atoms with van der Waals surface area (Å²) in [6, 6.07) is 9.05. The van der Waals surface area contributed by atoms with E-state index in [1.165, 1.54) is 18.9 Å². The standard InChI is InChI=1S/C27H37FN4.C2H6/c1-5-10-21(11-6-2)20(4)30-26(22-12-9-13-23(28)18-22)19(3)25-16-17-29-27(32-25)31-24-14-7-8-15-24;1-2/h9,12-13,16-18,21,24H,5-8,10-11,14-15H2,1-4H3,(H,29,31,32);1-2H3/b26-19+,30-20?;.